The number of nitrogens with two attached hydrogens (primary N) is 1. The molecule has 1 amide bonds. The molecule has 0 radical (unpaired) electrons. The molecule has 0 atom stereocenters. The van der Waals surface area contributed by atoms with E-state index in [-0.39, 0.29) is 16.5 Å². The molecule has 3 rings (SSSR count). The van der Waals surface area contributed by atoms with E-state index in [9.17, 15) is 18.0 Å². The van der Waals surface area contributed by atoms with E-state index in [0.29, 0.717) is 24.3 Å². The number of methoxy groups -OCH3 is 1. The first-order valence-electron chi connectivity index (χ1n) is 9.78. The molecule has 0 bridgehead atoms. The number of primary amides is 1. The smallest absolute Gasteiger partial charge is 0.416 e. The third kappa shape index (κ3) is 5.01. The lowest BCUT2D eigenvalue weighted by Gasteiger charge is -2.30. The number of alkyl halides is 3. The average molecular weight is 441 g/mol. The van der Waals surface area contributed by atoms with Gasteiger partial charge < -0.3 is 15.8 Å². The molecular formula is C22H24ClF3N2O2. The molecule has 0 heterocycles. The number of carbonyl (C=O) groups excluding carboxylic acids is 1. The Morgan fingerprint density at radius 3 is 2.47 bits per heavy atom. The Kier molecular flexibility index (Phi) is 6.81. The van der Waals surface area contributed by atoms with Crippen LogP contribution in [0.15, 0.2) is 36.4 Å². The van der Waals surface area contributed by atoms with Gasteiger partial charge in [0.15, 0.2) is 0 Å². The van der Waals surface area contributed by atoms with Gasteiger partial charge in [0.2, 0.25) is 5.91 Å². The van der Waals surface area contributed by atoms with E-state index in [0.717, 1.165) is 43.0 Å². The lowest BCUT2D eigenvalue weighted by Crippen LogP contribution is -2.22. The Morgan fingerprint density at radius 2 is 1.87 bits per heavy atom. The predicted octanol–water partition coefficient (Wildman–Crippen LogP) is 5.85. The van der Waals surface area contributed by atoms with Gasteiger partial charge in [-0.2, -0.15) is 13.2 Å². The van der Waals surface area contributed by atoms with Gasteiger partial charge in [-0.1, -0.05) is 23.7 Å². The van der Waals surface area contributed by atoms with Crippen molar-refractivity contribution in [1.82, 2.24) is 0 Å². The van der Waals surface area contributed by atoms with Crippen LogP contribution in [0.3, 0.4) is 0 Å². The second-order valence-electron chi connectivity index (χ2n) is 7.59. The molecule has 0 aromatic heterocycles. The number of ether oxygens (including phenoxy) is 1. The SMILES string of the molecule is COc1ccccc1NCC1CCC(c2cc(C(F)(F)F)cc(C(N)=O)c2Cl)CC1. The predicted molar refractivity (Wildman–Crippen MR) is 111 cm³/mol. The zero-order valence-electron chi connectivity index (χ0n) is 16.6. The number of benzene rings is 2. The highest BCUT2D eigenvalue weighted by Crippen LogP contribution is 2.42. The van der Waals surface area contributed by atoms with Crippen LogP contribution in [0, 0.1) is 5.92 Å². The maximum absolute atomic E-state index is 13.3. The molecule has 2 aromatic rings. The second-order valence-corrected chi connectivity index (χ2v) is 7.97. The number of nitrogens with one attached hydrogen (secondary N) is 1. The van der Waals surface area contributed by atoms with Crippen molar-refractivity contribution in [2.75, 3.05) is 19.0 Å². The van der Waals surface area contributed by atoms with Crippen molar-refractivity contribution in [2.24, 2.45) is 11.7 Å². The van der Waals surface area contributed by atoms with Crippen molar-refractivity contribution in [3.8, 4) is 5.75 Å². The summed E-state index contributed by atoms with van der Waals surface area (Å²) in [6.07, 6.45) is -1.51. The van der Waals surface area contributed by atoms with Crippen LogP contribution < -0.4 is 15.8 Å². The van der Waals surface area contributed by atoms with Crippen LogP contribution in [0.1, 0.15) is 53.1 Å². The van der Waals surface area contributed by atoms with E-state index in [1.54, 1.807) is 7.11 Å². The lowest BCUT2D eigenvalue weighted by molar-refractivity contribution is -0.137. The first-order valence-corrected chi connectivity index (χ1v) is 10.2. The van der Waals surface area contributed by atoms with Gasteiger partial charge in [-0.3, -0.25) is 4.79 Å². The molecule has 162 valence electrons. The van der Waals surface area contributed by atoms with Crippen molar-refractivity contribution in [2.45, 2.75) is 37.8 Å². The van der Waals surface area contributed by atoms with Gasteiger partial charge in [0.1, 0.15) is 5.75 Å². The summed E-state index contributed by atoms with van der Waals surface area (Å²) >= 11 is 6.28. The van der Waals surface area contributed by atoms with E-state index in [4.69, 9.17) is 22.1 Å². The van der Waals surface area contributed by atoms with E-state index in [1.165, 1.54) is 0 Å². The molecular weight excluding hydrogens is 417 g/mol. The largest absolute Gasteiger partial charge is 0.495 e. The highest BCUT2D eigenvalue weighted by atomic mass is 35.5. The van der Waals surface area contributed by atoms with Crippen molar-refractivity contribution in [1.29, 1.82) is 0 Å². The zero-order valence-corrected chi connectivity index (χ0v) is 17.3. The Hall–Kier alpha value is -2.41. The van der Waals surface area contributed by atoms with Gasteiger partial charge in [0.25, 0.3) is 0 Å². The molecule has 0 aliphatic heterocycles. The Labute approximate surface area is 178 Å². The Morgan fingerprint density at radius 1 is 1.20 bits per heavy atom. The molecule has 3 N–H and O–H groups in total. The van der Waals surface area contributed by atoms with Crippen molar-refractivity contribution in [3.05, 3.63) is 58.1 Å². The number of carbonyl (C=O) groups is 1. The van der Waals surface area contributed by atoms with Crippen LogP contribution in [-0.4, -0.2) is 19.6 Å². The van der Waals surface area contributed by atoms with Crippen LogP contribution in [0.4, 0.5) is 18.9 Å². The molecule has 0 spiro atoms. The molecule has 1 fully saturated rings. The highest BCUT2D eigenvalue weighted by molar-refractivity contribution is 6.34. The van der Waals surface area contributed by atoms with Crippen molar-refractivity contribution < 1.29 is 22.7 Å². The monoisotopic (exact) mass is 440 g/mol. The minimum absolute atomic E-state index is 0.0334. The molecule has 4 nitrogen and oxygen atoms in total. The fourth-order valence-electron chi connectivity index (χ4n) is 4.01. The maximum Gasteiger partial charge on any atom is 0.416 e. The molecule has 8 heteroatoms. The van der Waals surface area contributed by atoms with Gasteiger partial charge in [-0.05, 0) is 67.3 Å². The standard InChI is InChI=1S/C22H24ClF3N2O2/c1-30-19-5-3-2-4-18(19)28-12-13-6-8-14(9-7-13)16-10-15(22(24,25)26)11-17(20(16)23)21(27)29/h2-5,10-11,13-14,28H,6-9,12H2,1H3,(H2,27,29). The van der Waals surface area contributed by atoms with Gasteiger partial charge in [-0.15, -0.1) is 0 Å². The number of hydrogen-bond acceptors (Lipinski definition) is 3. The van der Waals surface area contributed by atoms with E-state index in [2.05, 4.69) is 5.32 Å². The molecule has 1 aliphatic rings. The quantitative estimate of drug-likeness (QED) is 0.592. The molecule has 30 heavy (non-hydrogen) atoms. The summed E-state index contributed by atoms with van der Waals surface area (Å²) in [6.45, 7) is 0.746. The number of amides is 1. The van der Waals surface area contributed by atoms with Gasteiger partial charge >= 0.3 is 6.18 Å². The summed E-state index contributed by atoms with van der Waals surface area (Å²) in [5.74, 6) is 0.0507. The fraction of sp³-hybridized carbons (Fsp3) is 0.409. The van der Waals surface area contributed by atoms with Crippen molar-refractivity contribution in [3.63, 3.8) is 0 Å². The van der Waals surface area contributed by atoms with Gasteiger partial charge in [-0.25, -0.2) is 0 Å². The molecule has 0 unspecified atom stereocenters. The topological polar surface area (TPSA) is 64.3 Å². The third-order valence-corrected chi connectivity index (χ3v) is 6.09. The summed E-state index contributed by atoms with van der Waals surface area (Å²) in [5, 5.41) is 3.43. The molecule has 2 aromatic carbocycles. The Balaban J connectivity index is 1.70. The molecule has 1 saturated carbocycles. The van der Waals surface area contributed by atoms with Crippen LogP contribution >= 0.6 is 11.6 Å². The number of hydrogen-bond donors (Lipinski definition) is 2. The highest BCUT2D eigenvalue weighted by Gasteiger charge is 2.34. The first-order chi connectivity index (χ1) is 14.2. The second kappa shape index (κ2) is 9.16. The fourth-order valence-corrected chi connectivity index (χ4v) is 4.37. The number of anilines is 1. The summed E-state index contributed by atoms with van der Waals surface area (Å²) < 4.78 is 45.2. The third-order valence-electron chi connectivity index (χ3n) is 5.67. The Bertz CT molecular complexity index is 910. The maximum atomic E-state index is 13.3. The van der Waals surface area contributed by atoms with Crippen LogP contribution in [0.25, 0.3) is 0 Å². The summed E-state index contributed by atoms with van der Waals surface area (Å²) in [5.41, 5.74) is 5.36. The van der Waals surface area contributed by atoms with Crippen LogP contribution in [-0.2, 0) is 6.18 Å². The number of halogens is 4. The lowest BCUT2D eigenvalue weighted by atomic mass is 9.78. The minimum Gasteiger partial charge on any atom is -0.495 e. The minimum atomic E-state index is -4.57. The van der Waals surface area contributed by atoms with E-state index < -0.39 is 17.6 Å². The molecule has 0 saturated heterocycles. The summed E-state index contributed by atoms with van der Waals surface area (Å²) in [4.78, 5) is 11.6. The van der Waals surface area contributed by atoms with Gasteiger partial charge in [0, 0.05) is 6.54 Å². The van der Waals surface area contributed by atoms with E-state index in [1.807, 2.05) is 24.3 Å². The summed E-state index contributed by atoms with van der Waals surface area (Å²) in [7, 11) is 1.62. The van der Waals surface area contributed by atoms with Crippen LogP contribution in [0.5, 0.6) is 5.75 Å². The zero-order chi connectivity index (χ0) is 21.9. The van der Waals surface area contributed by atoms with Gasteiger partial charge in [0.05, 0.1) is 28.9 Å². The van der Waals surface area contributed by atoms with E-state index >= 15 is 0 Å². The van der Waals surface area contributed by atoms with Crippen LogP contribution in [0.2, 0.25) is 5.02 Å². The normalized spacial score (nSPS) is 19.4. The summed E-state index contributed by atoms with van der Waals surface area (Å²) in [6, 6.07) is 9.44. The first kappa shape index (κ1) is 22.3. The average Bonchev–Trinajstić information content (AvgIpc) is 2.72. The van der Waals surface area contributed by atoms with Crippen molar-refractivity contribution >= 4 is 23.2 Å². The number of para-hydroxylation sites is 2. The number of rotatable bonds is 6. The molecule has 1 aliphatic carbocycles.